The number of nitrogens with one attached hydrogen (secondary N) is 2. The molecule has 0 atom stereocenters. The minimum atomic E-state index is -4.50. The first kappa shape index (κ1) is 39.9. The molecule has 294 valence electrons. The van der Waals surface area contributed by atoms with Crippen LogP contribution in [0.25, 0.3) is 11.3 Å². The van der Waals surface area contributed by atoms with Crippen molar-refractivity contribution in [3.8, 4) is 11.3 Å². The first-order chi connectivity index (χ1) is 26.9. The van der Waals surface area contributed by atoms with Gasteiger partial charge in [0.25, 0.3) is 17.7 Å². The van der Waals surface area contributed by atoms with E-state index in [0.29, 0.717) is 54.3 Å². The number of carbonyl (C=O) groups is 4. The Morgan fingerprint density at radius 1 is 0.786 bits per heavy atom. The average molecular weight is 770 g/mol. The Kier molecular flexibility index (Phi) is 12.7. The van der Waals surface area contributed by atoms with E-state index in [0.717, 1.165) is 63.3 Å². The third-order valence-corrected chi connectivity index (χ3v) is 10.3. The molecule has 6 rings (SSSR count). The third-order valence-electron chi connectivity index (χ3n) is 10.3. The summed E-state index contributed by atoms with van der Waals surface area (Å²) in [6, 6.07) is 20.1. The van der Waals surface area contributed by atoms with Crippen LogP contribution in [-0.4, -0.2) is 103 Å². The lowest BCUT2D eigenvalue weighted by Crippen LogP contribution is -2.49. The fraction of sp³-hybridized carbons (Fsp3) is 0.357. The molecule has 56 heavy (non-hydrogen) atoms. The van der Waals surface area contributed by atoms with E-state index in [4.69, 9.17) is 0 Å². The molecule has 4 aromatic rings. The highest BCUT2D eigenvalue weighted by atomic mass is 19.4. The number of nitrogens with zero attached hydrogens (tertiary/aromatic N) is 5. The molecular formula is C42H46F3N7O4. The van der Waals surface area contributed by atoms with Crippen LogP contribution in [0.2, 0.25) is 0 Å². The zero-order valence-corrected chi connectivity index (χ0v) is 31.6. The van der Waals surface area contributed by atoms with Crippen molar-refractivity contribution in [2.24, 2.45) is 0 Å². The van der Waals surface area contributed by atoms with Crippen molar-refractivity contribution >= 4 is 35.0 Å². The number of pyridine rings is 1. The van der Waals surface area contributed by atoms with Crippen molar-refractivity contribution in [2.45, 2.75) is 38.9 Å². The highest BCUT2D eigenvalue weighted by Crippen LogP contribution is 2.34. The SMILES string of the molecule is CC(=O)N1CCN(CCN(C)C(=O)c2cccc(C(=O)Nc3ccc(N4CCCCC4)cc3-c3cc(C(=O)NCc4cccc(C(F)(F)F)c4)ccn3)c2)CC1. The number of anilines is 2. The largest absolute Gasteiger partial charge is 0.416 e. The van der Waals surface area contributed by atoms with Gasteiger partial charge in [-0.2, -0.15) is 13.2 Å². The van der Waals surface area contributed by atoms with Gasteiger partial charge in [0.15, 0.2) is 0 Å². The van der Waals surface area contributed by atoms with Gasteiger partial charge in [-0.15, -0.1) is 0 Å². The molecule has 14 heteroatoms. The lowest BCUT2D eigenvalue weighted by atomic mass is 10.0. The number of hydrogen-bond donors (Lipinski definition) is 2. The Morgan fingerprint density at radius 2 is 1.50 bits per heavy atom. The molecule has 4 amide bonds. The number of rotatable bonds is 11. The monoisotopic (exact) mass is 769 g/mol. The van der Waals surface area contributed by atoms with Crippen LogP contribution in [0, 0.1) is 0 Å². The summed E-state index contributed by atoms with van der Waals surface area (Å²) < 4.78 is 39.7. The summed E-state index contributed by atoms with van der Waals surface area (Å²) in [6.45, 7) is 7.18. The van der Waals surface area contributed by atoms with Crippen molar-refractivity contribution in [3.05, 3.63) is 113 Å². The Morgan fingerprint density at radius 3 is 2.23 bits per heavy atom. The molecule has 2 N–H and O–H groups in total. The number of hydrogen-bond acceptors (Lipinski definition) is 7. The fourth-order valence-electron chi connectivity index (χ4n) is 6.95. The van der Waals surface area contributed by atoms with E-state index in [-0.39, 0.29) is 29.5 Å². The molecule has 3 heterocycles. The van der Waals surface area contributed by atoms with E-state index in [2.05, 4.69) is 25.4 Å². The number of piperazine rings is 1. The second-order valence-corrected chi connectivity index (χ2v) is 14.2. The second kappa shape index (κ2) is 17.8. The molecule has 11 nitrogen and oxygen atoms in total. The van der Waals surface area contributed by atoms with Crippen LogP contribution in [0.15, 0.2) is 85.1 Å². The average Bonchev–Trinajstić information content (AvgIpc) is 3.22. The van der Waals surface area contributed by atoms with E-state index in [1.807, 2.05) is 17.0 Å². The number of halogens is 3. The van der Waals surface area contributed by atoms with Gasteiger partial charge in [0.2, 0.25) is 5.91 Å². The molecule has 2 fully saturated rings. The summed E-state index contributed by atoms with van der Waals surface area (Å²) in [5, 5.41) is 5.69. The first-order valence-corrected chi connectivity index (χ1v) is 18.8. The van der Waals surface area contributed by atoms with Crippen LogP contribution in [0.4, 0.5) is 24.5 Å². The molecule has 3 aromatic carbocycles. The van der Waals surface area contributed by atoms with E-state index < -0.39 is 23.6 Å². The number of piperidine rings is 1. The molecule has 0 aliphatic carbocycles. The Bertz CT molecular complexity index is 2060. The summed E-state index contributed by atoms with van der Waals surface area (Å²) >= 11 is 0. The van der Waals surface area contributed by atoms with Crippen LogP contribution < -0.4 is 15.5 Å². The predicted molar refractivity (Wildman–Crippen MR) is 208 cm³/mol. The van der Waals surface area contributed by atoms with Crippen LogP contribution in [0.5, 0.6) is 0 Å². The predicted octanol–water partition coefficient (Wildman–Crippen LogP) is 6.18. The van der Waals surface area contributed by atoms with Gasteiger partial charge in [0.05, 0.1) is 16.9 Å². The minimum Gasteiger partial charge on any atom is -0.372 e. The summed E-state index contributed by atoms with van der Waals surface area (Å²) in [4.78, 5) is 64.6. The second-order valence-electron chi connectivity index (χ2n) is 14.2. The maximum Gasteiger partial charge on any atom is 0.416 e. The van der Waals surface area contributed by atoms with Crippen LogP contribution in [0.3, 0.4) is 0 Å². The van der Waals surface area contributed by atoms with Crippen molar-refractivity contribution < 1.29 is 32.3 Å². The summed E-state index contributed by atoms with van der Waals surface area (Å²) in [5.41, 5.74) is 2.79. The maximum absolute atomic E-state index is 13.8. The zero-order valence-electron chi connectivity index (χ0n) is 31.6. The maximum atomic E-state index is 13.8. The molecule has 0 spiro atoms. The number of carbonyl (C=O) groups excluding carboxylic acids is 4. The normalized spacial score (nSPS) is 14.9. The Labute approximate surface area is 324 Å². The number of aromatic nitrogens is 1. The minimum absolute atomic E-state index is 0.0645. The molecule has 2 saturated heterocycles. The highest BCUT2D eigenvalue weighted by Gasteiger charge is 2.30. The van der Waals surface area contributed by atoms with E-state index in [1.165, 1.54) is 24.4 Å². The zero-order chi connectivity index (χ0) is 39.8. The smallest absolute Gasteiger partial charge is 0.372 e. The van der Waals surface area contributed by atoms with Gasteiger partial charge in [-0.05, 0) is 85.5 Å². The quantitative estimate of drug-likeness (QED) is 0.187. The van der Waals surface area contributed by atoms with Crippen molar-refractivity contribution in [3.63, 3.8) is 0 Å². The lowest BCUT2D eigenvalue weighted by Gasteiger charge is -2.34. The lowest BCUT2D eigenvalue weighted by molar-refractivity contribution is -0.137. The molecule has 0 unspecified atom stereocenters. The summed E-state index contributed by atoms with van der Waals surface area (Å²) in [5.74, 6) is -1.09. The molecule has 2 aliphatic heterocycles. The first-order valence-electron chi connectivity index (χ1n) is 18.8. The highest BCUT2D eigenvalue weighted by molar-refractivity contribution is 6.08. The van der Waals surface area contributed by atoms with Crippen LogP contribution in [-0.2, 0) is 17.5 Å². The van der Waals surface area contributed by atoms with Crippen molar-refractivity contribution in [1.82, 2.24) is 25.0 Å². The topological polar surface area (TPSA) is 118 Å². The third kappa shape index (κ3) is 10.1. The Balaban J connectivity index is 1.17. The number of benzene rings is 3. The number of alkyl halides is 3. The van der Waals surface area contributed by atoms with Crippen LogP contribution in [0.1, 0.15) is 68.4 Å². The summed E-state index contributed by atoms with van der Waals surface area (Å²) in [6.07, 6.45) is 0.230. The number of amides is 4. The van der Waals surface area contributed by atoms with E-state index >= 15 is 0 Å². The fourth-order valence-corrected chi connectivity index (χ4v) is 6.95. The molecule has 0 saturated carbocycles. The summed E-state index contributed by atoms with van der Waals surface area (Å²) in [7, 11) is 1.73. The van der Waals surface area contributed by atoms with E-state index in [1.54, 1.807) is 55.3 Å². The van der Waals surface area contributed by atoms with Gasteiger partial charge < -0.3 is 25.3 Å². The van der Waals surface area contributed by atoms with Crippen molar-refractivity contribution in [1.29, 1.82) is 0 Å². The van der Waals surface area contributed by atoms with Gasteiger partial charge in [0, 0.05) is 107 Å². The molecule has 0 radical (unpaired) electrons. The van der Waals surface area contributed by atoms with E-state index in [9.17, 15) is 32.3 Å². The van der Waals surface area contributed by atoms with Gasteiger partial charge >= 0.3 is 6.18 Å². The molecule has 0 bridgehead atoms. The molecule has 1 aromatic heterocycles. The van der Waals surface area contributed by atoms with Crippen molar-refractivity contribution in [2.75, 3.05) is 69.6 Å². The van der Waals surface area contributed by atoms with Crippen LogP contribution >= 0.6 is 0 Å². The van der Waals surface area contributed by atoms with Gasteiger partial charge in [-0.3, -0.25) is 29.1 Å². The van der Waals surface area contributed by atoms with Gasteiger partial charge in [0.1, 0.15) is 0 Å². The molecular weight excluding hydrogens is 724 g/mol. The molecule has 2 aliphatic rings. The number of likely N-dealkylation sites (N-methyl/N-ethyl adjacent to an activating group) is 1. The Hall–Kier alpha value is -5.76. The standard InChI is InChI=1S/C42H46F3N7O4/c1-29(53)51-22-20-50(21-23-51)19-18-49(2)41(56)33-10-7-9-31(25-33)40(55)48-37-13-12-35(52-16-4-3-5-17-52)27-36(37)38-26-32(14-15-46-38)39(54)47-28-30-8-6-11-34(24-30)42(43,44)45/h6-15,24-27H,3-5,16-23,28H2,1-2H3,(H,47,54)(H,48,55). The van der Waals surface area contributed by atoms with Gasteiger partial charge in [-0.25, -0.2) is 0 Å². The van der Waals surface area contributed by atoms with Gasteiger partial charge in [-0.1, -0.05) is 18.2 Å².